The predicted octanol–water partition coefficient (Wildman–Crippen LogP) is -2.12. The minimum atomic E-state index is -3.73. The molecule has 0 aromatic rings. The standard InChI is InChI=1S/Ca.Fe.Mn.HO3P.H2O.2H/c;;;1-4(2)3;;;/h;;;(H-,1,2,3);1H2;;/q;;-1;;;;/p+1. The molecule has 0 heterocycles. The van der Waals surface area contributed by atoms with Crippen LogP contribution in [0.1, 0.15) is 0 Å². The molecule has 0 radical (unpaired) electrons. The van der Waals surface area contributed by atoms with Gasteiger partial charge in [-0.05, 0) is 0 Å². The average molecular weight is 252 g/mol. The van der Waals surface area contributed by atoms with Gasteiger partial charge in [-0.1, -0.05) is 0 Å². The van der Waals surface area contributed by atoms with E-state index < -0.39 is 19.0 Å². The molecule has 0 aromatic heterocycles. The van der Waals surface area contributed by atoms with Crippen LogP contribution < -0.4 is 0 Å². The summed E-state index contributed by atoms with van der Waals surface area (Å²) in [5.41, 5.74) is 0. The van der Waals surface area contributed by atoms with Gasteiger partial charge in [0.25, 0.3) is 0 Å². The summed E-state index contributed by atoms with van der Waals surface area (Å²) in [5.74, 6) is 0. The molecule has 4 nitrogen and oxygen atoms in total. The second kappa shape index (κ2) is 7.51. The van der Waals surface area contributed by atoms with E-state index in [9.17, 15) is 4.57 Å². The molecule has 52 valence electrons. The van der Waals surface area contributed by atoms with Crippen LogP contribution in [0.5, 0.6) is 0 Å². The quantitative estimate of drug-likeness (QED) is 0.413. The Morgan fingerprint density at radius 1 is 1.50 bits per heavy atom. The van der Waals surface area contributed by atoms with E-state index in [4.69, 9.17) is 9.79 Å². The second-order valence-corrected chi connectivity index (χ2v) is 6.53. The molecule has 0 saturated carbocycles. The Balaban J connectivity index is -0.000000125. The molecule has 0 saturated heterocycles. The molecule has 0 amide bonds. The van der Waals surface area contributed by atoms with Gasteiger partial charge in [-0.3, -0.25) is 0 Å². The monoisotopic (exact) mass is 252 g/mol. The van der Waals surface area contributed by atoms with Gasteiger partial charge < -0.3 is 5.48 Å². The zero-order valence-corrected chi connectivity index (χ0v) is 6.16. The van der Waals surface area contributed by atoms with Gasteiger partial charge in [-0.2, -0.15) is 0 Å². The third-order valence-electron chi connectivity index (χ3n) is 0.0778. The number of hydrogen-bond donors (Lipinski definition) is 2. The molecule has 0 aliphatic carbocycles. The van der Waals surface area contributed by atoms with Gasteiger partial charge in [0.05, 0.1) is 0 Å². The molecule has 4 N–H and O–H groups in total. The van der Waals surface area contributed by atoms with Gasteiger partial charge in [0.1, 0.15) is 0 Å². The van der Waals surface area contributed by atoms with Crippen LogP contribution >= 0.6 is 6.29 Å². The van der Waals surface area contributed by atoms with Crippen LogP contribution in [0.15, 0.2) is 0 Å². The first-order valence-electron chi connectivity index (χ1n) is 0.885. The minimum absolute atomic E-state index is 0. The van der Waals surface area contributed by atoms with Crippen LogP contribution in [0.2, 0.25) is 0 Å². The van der Waals surface area contributed by atoms with Crippen molar-refractivity contribution in [3.05, 3.63) is 0 Å². The fraction of sp³-hybridized carbons (Fsp3) is 0. The van der Waals surface area contributed by atoms with E-state index in [0.29, 0.717) is 0 Å². The molecular formula is H6CaFeMnO4P. The van der Waals surface area contributed by atoms with Crippen LogP contribution in [0.4, 0.5) is 0 Å². The third kappa shape index (κ3) is 15.8. The van der Waals surface area contributed by atoms with Crippen LogP contribution in [-0.4, -0.2) is 53.0 Å². The van der Waals surface area contributed by atoms with E-state index in [2.05, 4.69) is 14.2 Å². The molecule has 8 heavy (non-hydrogen) atoms. The molecule has 8 heteroatoms. The molecule has 0 aliphatic rings. The van der Waals surface area contributed by atoms with Crippen molar-refractivity contribution in [1.29, 1.82) is 0 Å². The Morgan fingerprint density at radius 2 is 1.62 bits per heavy atom. The van der Waals surface area contributed by atoms with Crippen LogP contribution in [0.25, 0.3) is 0 Å². The summed E-state index contributed by atoms with van der Waals surface area (Å²) in [6.07, 6.45) is -3.73. The first-order valence-corrected chi connectivity index (χ1v) is 6.11. The van der Waals surface area contributed by atoms with Gasteiger partial charge in [0.15, 0.2) is 0 Å². The molecule has 0 unspecified atom stereocenters. The summed E-state index contributed by atoms with van der Waals surface area (Å²) in [6, 6.07) is 0. The van der Waals surface area contributed by atoms with E-state index in [-0.39, 0.29) is 43.2 Å². The van der Waals surface area contributed by atoms with Crippen LogP contribution in [0, 0.1) is 0 Å². The molecular weight excluding hydrogens is 246 g/mol. The van der Waals surface area contributed by atoms with Crippen molar-refractivity contribution in [1.82, 2.24) is 0 Å². The van der Waals surface area contributed by atoms with Gasteiger partial charge in [0.2, 0.25) is 0 Å². The Bertz CT molecular complexity index is 80.1. The maximum absolute atomic E-state index is 9.65. The van der Waals surface area contributed by atoms with E-state index in [1.807, 2.05) is 0 Å². The van der Waals surface area contributed by atoms with E-state index in [0.717, 1.165) is 0 Å². The third-order valence-corrected chi connectivity index (χ3v) is 3.97. The van der Waals surface area contributed by atoms with Crippen molar-refractivity contribution >= 4 is 44.0 Å². The van der Waals surface area contributed by atoms with Gasteiger partial charge >= 0.3 is 85.3 Å². The zero-order chi connectivity index (χ0) is 5.21. The molecule has 0 bridgehead atoms. The summed E-state index contributed by atoms with van der Waals surface area (Å²) >= 11 is 2.48. The Morgan fingerprint density at radius 3 is 1.62 bits per heavy atom. The topological polar surface area (TPSA) is 89.0 Å². The summed E-state index contributed by atoms with van der Waals surface area (Å²) in [4.78, 5) is 15.8. The Labute approximate surface area is 89.4 Å². The summed E-state index contributed by atoms with van der Waals surface area (Å²) in [7, 11) is 0. The summed E-state index contributed by atoms with van der Waals surface area (Å²) in [6.45, 7) is 0. The first kappa shape index (κ1) is 16.8. The van der Waals surface area contributed by atoms with Crippen LogP contribution in [-0.2, 0) is 31.4 Å². The number of rotatable bonds is 1. The van der Waals surface area contributed by atoms with Crippen molar-refractivity contribution in [2.75, 3.05) is 0 Å². The van der Waals surface area contributed by atoms with Gasteiger partial charge in [-0.15, -0.1) is 0 Å². The Kier molecular flexibility index (Phi) is 15.8. The normalized spacial score (nSPS) is 8.88. The van der Waals surface area contributed by atoms with Gasteiger partial charge in [-0.25, -0.2) is 0 Å². The number of hydrogen-bond acceptors (Lipinski definition) is 1. The van der Waals surface area contributed by atoms with Crippen molar-refractivity contribution < 1.29 is 46.7 Å². The molecule has 0 aliphatic heterocycles. The van der Waals surface area contributed by atoms with Crippen molar-refractivity contribution in [3.8, 4) is 0 Å². The van der Waals surface area contributed by atoms with E-state index in [1.165, 1.54) is 0 Å². The molecule has 0 spiro atoms. The molecule has 0 aromatic carbocycles. The van der Waals surface area contributed by atoms with Crippen molar-refractivity contribution in [3.63, 3.8) is 0 Å². The molecule has 0 fully saturated rings. The SMILES string of the molecule is O.O=[P](O)(O)[Mn][Fe].[CaH2]. The molecule has 0 atom stereocenters. The second-order valence-electron chi connectivity index (χ2n) is 0.533. The maximum atomic E-state index is 9.65. The summed E-state index contributed by atoms with van der Waals surface area (Å²) in [5, 5.41) is 0. The fourth-order valence-corrected chi connectivity index (χ4v) is 0. The van der Waals surface area contributed by atoms with Crippen molar-refractivity contribution in [2.24, 2.45) is 0 Å². The van der Waals surface area contributed by atoms with E-state index in [1.54, 1.807) is 0 Å². The van der Waals surface area contributed by atoms with Gasteiger partial charge in [0, 0.05) is 0 Å². The average Bonchev–Trinajstić information content (AvgIpc) is 1.35. The zero-order valence-electron chi connectivity index (χ0n) is 2.98. The molecule has 0 rings (SSSR count). The van der Waals surface area contributed by atoms with E-state index >= 15 is 0 Å². The summed E-state index contributed by atoms with van der Waals surface area (Å²) < 4.78 is 9.65. The van der Waals surface area contributed by atoms with Crippen LogP contribution in [0.3, 0.4) is 0 Å². The first-order chi connectivity index (χ1) is 2.56. The van der Waals surface area contributed by atoms with Crippen molar-refractivity contribution in [2.45, 2.75) is 0 Å². The predicted molar refractivity (Wildman–Crippen MR) is 24.2 cm³/mol. The Hall–Kier alpha value is 2.41. The fourth-order valence-electron chi connectivity index (χ4n) is 0.